The van der Waals surface area contributed by atoms with Gasteiger partial charge in [0.2, 0.25) is 0 Å². The van der Waals surface area contributed by atoms with Gasteiger partial charge < -0.3 is 15.0 Å². The van der Waals surface area contributed by atoms with Crippen molar-refractivity contribution in [3.8, 4) is 0 Å². The zero-order chi connectivity index (χ0) is 16.1. The van der Waals surface area contributed by atoms with Crippen LogP contribution in [0.25, 0.3) is 5.65 Å². The lowest BCUT2D eigenvalue weighted by atomic mass is 10.2. The van der Waals surface area contributed by atoms with E-state index in [0.717, 1.165) is 23.4 Å². The Bertz CT molecular complexity index is 792. The second-order valence-corrected chi connectivity index (χ2v) is 5.36. The highest BCUT2D eigenvalue weighted by molar-refractivity contribution is 5.94. The lowest BCUT2D eigenvalue weighted by Gasteiger charge is -2.09. The monoisotopic (exact) mass is 308 g/mol. The largest absolute Gasteiger partial charge is 0.379 e. The summed E-state index contributed by atoms with van der Waals surface area (Å²) in [6, 6.07) is 13.6. The van der Waals surface area contributed by atoms with Crippen molar-refractivity contribution in [2.75, 3.05) is 11.9 Å². The van der Waals surface area contributed by atoms with E-state index >= 15 is 0 Å². The quantitative estimate of drug-likeness (QED) is 0.736. The highest BCUT2D eigenvalue weighted by Gasteiger charge is 2.04. The number of anilines is 1. The number of nitrogens with one attached hydrogen (secondary N) is 2. The van der Waals surface area contributed by atoms with Crippen LogP contribution in [0.5, 0.6) is 0 Å². The van der Waals surface area contributed by atoms with E-state index in [2.05, 4.69) is 26.1 Å². The van der Waals surface area contributed by atoms with Crippen LogP contribution in [0, 0.1) is 0 Å². The number of imidazole rings is 1. The first-order chi connectivity index (χ1) is 11.3. The molecule has 1 amide bonds. The summed E-state index contributed by atoms with van der Waals surface area (Å²) in [6.07, 6.45) is 4.68. The van der Waals surface area contributed by atoms with Crippen LogP contribution >= 0.6 is 0 Å². The predicted molar refractivity (Wildman–Crippen MR) is 91.6 cm³/mol. The minimum atomic E-state index is -0.0263. The van der Waals surface area contributed by atoms with Crippen LogP contribution in [-0.4, -0.2) is 21.8 Å². The van der Waals surface area contributed by atoms with Crippen LogP contribution in [0.2, 0.25) is 0 Å². The van der Waals surface area contributed by atoms with E-state index in [1.165, 1.54) is 0 Å². The summed E-state index contributed by atoms with van der Waals surface area (Å²) in [7, 11) is 0. The number of benzene rings is 1. The van der Waals surface area contributed by atoms with E-state index in [9.17, 15) is 4.79 Å². The average Bonchev–Trinajstić information content (AvgIpc) is 3.07. The van der Waals surface area contributed by atoms with Gasteiger partial charge in [0, 0.05) is 35.9 Å². The first kappa shape index (κ1) is 15.1. The number of carbonyl (C=O) groups excluding carboxylic acids is 1. The highest BCUT2D eigenvalue weighted by atomic mass is 16.1. The number of hydrogen-bond acceptors (Lipinski definition) is 3. The molecule has 3 rings (SSSR count). The van der Waals surface area contributed by atoms with Crippen molar-refractivity contribution < 1.29 is 4.79 Å². The van der Waals surface area contributed by atoms with E-state index in [-0.39, 0.29) is 5.91 Å². The van der Waals surface area contributed by atoms with Gasteiger partial charge >= 0.3 is 0 Å². The molecule has 0 radical (unpaired) electrons. The molecule has 0 saturated heterocycles. The fraction of sp³-hybridized carbons (Fsp3) is 0.222. The molecule has 0 spiro atoms. The van der Waals surface area contributed by atoms with Gasteiger partial charge in [-0.05, 0) is 42.8 Å². The van der Waals surface area contributed by atoms with Crippen LogP contribution in [0.15, 0.2) is 54.9 Å². The molecule has 5 heteroatoms. The first-order valence-electron chi connectivity index (χ1n) is 7.81. The maximum atomic E-state index is 11.9. The summed E-state index contributed by atoms with van der Waals surface area (Å²) in [4.78, 5) is 16.1. The Morgan fingerprint density at radius 1 is 1.17 bits per heavy atom. The lowest BCUT2D eigenvalue weighted by molar-refractivity contribution is 0.0953. The molecular weight excluding hydrogens is 288 g/mol. The number of nitrogens with zero attached hydrogens (tertiary/aromatic N) is 2. The number of amides is 1. The Morgan fingerprint density at radius 2 is 2.00 bits per heavy atom. The summed E-state index contributed by atoms with van der Waals surface area (Å²) in [5.41, 5.74) is 3.73. The Balaban J connectivity index is 1.65. The van der Waals surface area contributed by atoms with Crippen molar-refractivity contribution in [1.29, 1.82) is 0 Å². The number of pyridine rings is 1. The molecular formula is C18H20N4O. The molecule has 2 heterocycles. The molecule has 0 unspecified atom stereocenters. The molecule has 5 nitrogen and oxygen atoms in total. The standard InChI is InChI=1S/C18H20N4O/c1-2-10-20-18(23)14-6-8-15(9-7-14)21-13-16-4-3-5-17-19-11-12-22(16)17/h3-9,11-12,21H,2,10,13H2,1H3,(H,20,23). The maximum Gasteiger partial charge on any atom is 0.251 e. The lowest BCUT2D eigenvalue weighted by Crippen LogP contribution is -2.23. The SMILES string of the molecule is CCCNC(=O)c1ccc(NCc2cccc3nccn23)cc1. The Hall–Kier alpha value is -2.82. The van der Waals surface area contributed by atoms with Gasteiger partial charge in [-0.15, -0.1) is 0 Å². The Morgan fingerprint density at radius 3 is 2.78 bits per heavy atom. The van der Waals surface area contributed by atoms with Crippen molar-refractivity contribution in [3.05, 3.63) is 66.1 Å². The average molecular weight is 308 g/mol. The minimum Gasteiger partial charge on any atom is -0.379 e. The van der Waals surface area contributed by atoms with Gasteiger partial charge in [-0.1, -0.05) is 13.0 Å². The van der Waals surface area contributed by atoms with Gasteiger partial charge in [-0.2, -0.15) is 0 Å². The van der Waals surface area contributed by atoms with Gasteiger partial charge in [0.15, 0.2) is 0 Å². The molecule has 1 aromatic carbocycles. The second kappa shape index (κ2) is 6.96. The normalized spacial score (nSPS) is 10.7. The first-order valence-corrected chi connectivity index (χ1v) is 7.81. The van der Waals surface area contributed by atoms with Crippen LogP contribution in [0.1, 0.15) is 29.4 Å². The smallest absolute Gasteiger partial charge is 0.251 e. The van der Waals surface area contributed by atoms with Crippen molar-refractivity contribution in [2.24, 2.45) is 0 Å². The van der Waals surface area contributed by atoms with E-state index in [0.29, 0.717) is 18.7 Å². The predicted octanol–water partition coefficient (Wildman–Crippen LogP) is 3.09. The molecule has 0 fully saturated rings. The fourth-order valence-corrected chi connectivity index (χ4v) is 2.42. The zero-order valence-electron chi connectivity index (χ0n) is 13.1. The van der Waals surface area contributed by atoms with Gasteiger partial charge in [-0.25, -0.2) is 4.98 Å². The maximum absolute atomic E-state index is 11.9. The second-order valence-electron chi connectivity index (χ2n) is 5.36. The summed E-state index contributed by atoms with van der Waals surface area (Å²) in [5, 5.41) is 6.25. The molecule has 23 heavy (non-hydrogen) atoms. The highest BCUT2D eigenvalue weighted by Crippen LogP contribution is 2.12. The van der Waals surface area contributed by atoms with Gasteiger partial charge in [-0.3, -0.25) is 4.79 Å². The van der Waals surface area contributed by atoms with Crippen molar-refractivity contribution in [2.45, 2.75) is 19.9 Å². The number of hydrogen-bond donors (Lipinski definition) is 2. The fourth-order valence-electron chi connectivity index (χ4n) is 2.42. The van der Waals surface area contributed by atoms with Crippen LogP contribution in [0.3, 0.4) is 0 Å². The summed E-state index contributed by atoms with van der Waals surface area (Å²) < 4.78 is 2.06. The minimum absolute atomic E-state index is 0.0263. The third-order valence-corrected chi connectivity index (χ3v) is 3.67. The van der Waals surface area contributed by atoms with Crippen LogP contribution in [0.4, 0.5) is 5.69 Å². The summed E-state index contributed by atoms with van der Waals surface area (Å²) in [5.74, 6) is -0.0263. The Labute approximate surface area is 135 Å². The van der Waals surface area contributed by atoms with Crippen LogP contribution in [-0.2, 0) is 6.54 Å². The number of aromatic nitrogens is 2. The van der Waals surface area contributed by atoms with Crippen molar-refractivity contribution >= 4 is 17.2 Å². The van der Waals surface area contributed by atoms with Crippen molar-refractivity contribution in [1.82, 2.24) is 14.7 Å². The van der Waals surface area contributed by atoms with Gasteiger partial charge in [0.1, 0.15) is 5.65 Å². The molecule has 0 aliphatic heterocycles. The number of fused-ring (bicyclic) bond motifs is 1. The third-order valence-electron chi connectivity index (χ3n) is 3.67. The molecule has 0 aliphatic rings. The molecule has 118 valence electrons. The molecule has 0 aliphatic carbocycles. The molecule has 0 bridgehead atoms. The zero-order valence-corrected chi connectivity index (χ0v) is 13.1. The van der Waals surface area contributed by atoms with E-state index < -0.39 is 0 Å². The molecule has 3 aromatic rings. The summed E-state index contributed by atoms with van der Waals surface area (Å²) >= 11 is 0. The van der Waals surface area contributed by atoms with E-state index in [1.807, 2.05) is 49.5 Å². The Kier molecular flexibility index (Phi) is 4.57. The topological polar surface area (TPSA) is 58.4 Å². The van der Waals surface area contributed by atoms with Crippen molar-refractivity contribution in [3.63, 3.8) is 0 Å². The number of carbonyl (C=O) groups is 1. The van der Waals surface area contributed by atoms with Gasteiger partial charge in [0.05, 0.1) is 6.54 Å². The van der Waals surface area contributed by atoms with E-state index in [4.69, 9.17) is 0 Å². The molecule has 2 aromatic heterocycles. The van der Waals surface area contributed by atoms with Crippen LogP contribution < -0.4 is 10.6 Å². The molecule has 0 saturated carbocycles. The number of rotatable bonds is 6. The van der Waals surface area contributed by atoms with E-state index in [1.54, 1.807) is 6.20 Å². The molecule has 0 atom stereocenters. The molecule has 2 N–H and O–H groups in total. The van der Waals surface area contributed by atoms with Gasteiger partial charge in [0.25, 0.3) is 5.91 Å². The third kappa shape index (κ3) is 3.51. The summed E-state index contributed by atoms with van der Waals surface area (Å²) in [6.45, 7) is 3.43.